The van der Waals surface area contributed by atoms with Gasteiger partial charge in [-0.15, -0.1) is 0 Å². The zero-order valence-electron chi connectivity index (χ0n) is 9.74. The Balaban J connectivity index is 2.05. The summed E-state index contributed by atoms with van der Waals surface area (Å²) < 4.78 is 5.46. The molecule has 0 unspecified atom stereocenters. The number of ether oxygens (including phenoxy) is 1. The molecular weight excluding hydrogens is 192 g/mol. The SMILES string of the molecule is CC[C@@H](N)C(=O)N(C)CCOCC1CC1. The maximum absolute atomic E-state index is 11.6. The average Bonchev–Trinajstić information content (AvgIpc) is 3.05. The van der Waals surface area contributed by atoms with E-state index in [1.807, 2.05) is 6.92 Å². The van der Waals surface area contributed by atoms with E-state index in [4.69, 9.17) is 10.5 Å². The van der Waals surface area contributed by atoms with Crippen molar-refractivity contribution in [1.29, 1.82) is 0 Å². The van der Waals surface area contributed by atoms with Crippen molar-refractivity contribution in [3.05, 3.63) is 0 Å². The normalized spacial score (nSPS) is 17.5. The first-order valence-corrected chi connectivity index (χ1v) is 5.73. The van der Waals surface area contributed by atoms with E-state index in [2.05, 4.69) is 0 Å². The predicted molar refractivity (Wildman–Crippen MR) is 59.4 cm³/mol. The lowest BCUT2D eigenvalue weighted by Crippen LogP contribution is -2.42. The van der Waals surface area contributed by atoms with Crippen molar-refractivity contribution in [3.63, 3.8) is 0 Å². The molecule has 4 heteroatoms. The third-order valence-electron chi connectivity index (χ3n) is 2.75. The minimum atomic E-state index is -0.363. The second-order valence-corrected chi connectivity index (χ2v) is 4.29. The van der Waals surface area contributed by atoms with E-state index < -0.39 is 0 Å². The van der Waals surface area contributed by atoms with Gasteiger partial charge in [0.05, 0.1) is 12.6 Å². The number of hydrogen-bond donors (Lipinski definition) is 1. The molecule has 1 amide bonds. The van der Waals surface area contributed by atoms with E-state index in [0.29, 0.717) is 19.6 Å². The molecule has 1 rings (SSSR count). The van der Waals surface area contributed by atoms with Crippen molar-refractivity contribution in [2.45, 2.75) is 32.2 Å². The summed E-state index contributed by atoms with van der Waals surface area (Å²) in [5.74, 6) is 0.788. The van der Waals surface area contributed by atoms with E-state index in [9.17, 15) is 4.79 Å². The Hall–Kier alpha value is -0.610. The number of nitrogens with two attached hydrogens (primary N) is 1. The molecule has 0 heterocycles. The third kappa shape index (κ3) is 4.62. The van der Waals surface area contributed by atoms with Crippen molar-refractivity contribution in [2.75, 3.05) is 26.8 Å². The molecule has 0 radical (unpaired) electrons. The van der Waals surface area contributed by atoms with Gasteiger partial charge in [0.2, 0.25) is 5.91 Å². The second kappa shape index (κ2) is 6.08. The standard InChI is InChI=1S/C11H22N2O2/c1-3-10(12)11(14)13(2)6-7-15-8-9-4-5-9/h9-10H,3-8,12H2,1-2H3/t10-/m1/s1. The Labute approximate surface area is 91.8 Å². The number of amides is 1. The number of hydrogen-bond acceptors (Lipinski definition) is 3. The summed E-state index contributed by atoms with van der Waals surface area (Å²) in [4.78, 5) is 13.2. The lowest BCUT2D eigenvalue weighted by molar-refractivity contribution is -0.132. The molecule has 1 saturated carbocycles. The van der Waals surface area contributed by atoms with Crippen LogP contribution in [0.2, 0.25) is 0 Å². The first kappa shape index (κ1) is 12.5. The summed E-state index contributed by atoms with van der Waals surface area (Å²) in [6, 6.07) is -0.363. The first-order valence-electron chi connectivity index (χ1n) is 5.73. The van der Waals surface area contributed by atoms with Crippen molar-refractivity contribution in [3.8, 4) is 0 Å². The Morgan fingerprint density at radius 2 is 2.27 bits per heavy atom. The van der Waals surface area contributed by atoms with Crippen LogP contribution in [-0.4, -0.2) is 43.7 Å². The maximum atomic E-state index is 11.6. The molecule has 88 valence electrons. The molecule has 0 spiro atoms. The zero-order chi connectivity index (χ0) is 11.3. The van der Waals surface area contributed by atoms with Crippen molar-refractivity contribution < 1.29 is 9.53 Å². The number of nitrogens with zero attached hydrogens (tertiary/aromatic N) is 1. The molecule has 1 atom stereocenters. The Morgan fingerprint density at radius 1 is 1.60 bits per heavy atom. The molecule has 1 fully saturated rings. The van der Waals surface area contributed by atoms with Gasteiger partial charge in [-0.3, -0.25) is 4.79 Å². The summed E-state index contributed by atoms with van der Waals surface area (Å²) in [5.41, 5.74) is 5.65. The van der Waals surface area contributed by atoms with Gasteiger partial charge in [-0.2, -0.15) is 0 Å². The van der Waals surface area contributed by atoms with Crippen LogP contribution in [0.3, 0.4) is 0 Å². The molecule has 0 bridgehead atoms. The topological polar surface area (TPSA) is 55.6 Å². The van der Waals surface area contributed by atoms with Crippen molar-refractivity contribution >= 4 is 5.91 Å². The van der Waals surface area contributed by atoms with Crippen LogP contribution in [0.15, 0.2) is 0 Å². The molecule has 0 aromatic rings. The van der Waals surface area contributed by atoms with Gasteiger partial charge >= 0.3 is 0 Å². The van der Waals surface area contributed by atoms with E-state index in [-0.39, 0.29) is 11.9 Å². The smallest absolute Gasteiger partial charge is 0.239 e. The van der Waals surface area contributed by atoms with Gasteiger partial charge in [0, 0.05) is 20.2 Å². The van der Waals surface area contributed by atoms with Gasteiger partial charge < -0.3 is 15.4 Å². The lowest BCUT2D eigenvalue weighted by Gasteiger charge is -2.20. The van der Waals surface area contributed by atoms with Crippen LogP contribution in [0.1, 0.15) is 26.2 Å². The highest BCUT2D eigenvalue weighted by Crippen LogP contribution is 2.28. The van der Waals surface area contributed by atoms with Gasteiger partial charge in [-0.25, -0.2) is 0 Å². The number of carbonyl (C=O) groups is 1. The maximum Gasteiger partial charge on any atom is 0.239 e. The predicted octanol–water partition coefficient (Wildman–Crippen LogP) is 0.609. The van der Waals surface area contributed by atoms with Crippen LogP contribution in [-0.2, 0) is 9.53 Å². The minimum absolute atomic E-state index is 0.00696. The largest absolute Gasteiger partial charge is 0.379 e. The molecule has 2 N–H and O–H groups in total. The molecule has 0 aromatic carbocycles. The van der Waals surface area contributed by atoms with E-state index >= 15 is 0 Å². The van der Waals surface area contributed by atoms with E-state index in [1.54, 1.807) is 11.9 Å². The van der Waals surface area contributed by atoms with Crippen LogP contribution in [0.5, 0.6) is 0 Å². The van der Waals surface area contributed by atoms with E-state index in [1.165, 1.54) is 12.8 Å². The molecule has 0 aliphatic heterocycles. The van der Waals surface area contributed by atoms with E-state index in [0.717, 1.165) is 12.5 Å². The number of likely N-dealkylation sites (N-methyl/N-ethyl adjacent to an activating group) is 1. The van der Waals surface area contributed by atoms with Crippen LogP contribution in [0, 0.1) is 5.92 Å². The molecule has 0 aromatic heterocycles. The monoisotopic (exact) mass is 214 g/mol. The van der Waals surface area contributed by atoms with Gasteiger partial charge in [-0.05, 0) is 25.2 Å². The summed E-state index contributed by atoms with van der Waals surface area (Å²) in [7, 11) is 1.78. The van der Waals surface area contributed by atoms with Crippen molar-refractivity contribution in [1.82, 2.24) is 4.90 Å². The highest BCUT2D eigenvalue weighted by molar-refractivity contribution is 5.81. The molecule has 1 aliphatic carbocycles. The second-order valence-electron chi connectivity index (χ2n) is 4.29. The van der Waals surface area contributed by atoms with Crippen molar-refractivity contribution in [2.24, 2.45) is 11.7 Å². The Bertz CT molecular complexity index is 205. The Kier molecular flexibility index (Phi) is 5.05. The summed E-state index contributed by atoms with van der Waals surface area (Å²) in [6.07, 6.45) is 3.29. The fourth-order valence-corrected chi connectivity index (χ4v) is 1.30. The average molecular weight is 214 g/mol. The zero-order valence-corrected chi connectivity index (χ0v) is 9.74. The molecule has 1 aliphatic rings. The minimum Gasteiger partial charge on any atom is -0.379 e. The molecular formula is C11H22N2O2. The van der Waals surface area contributed by atoms with Gasteiger partial charge in [0.1, 0.15) is 0 Å². The van der Waals surface area contributed by atoms with Crippen LogP contribution < -0.4 is 5.73 Å². The summed E-state index contributed by atoms with van der Waals surface area (Å²) in [5, 5.41) is 0. The highest BCUT2D eigenvalue weighted by atomic mass is 16.5. The van der Waals surface area contributed by atoms with Crippen LogP contribution in [0.25, 0.3) is 0 Å². The first-order chi connectivity index (χ1) is 7.15. The molecule has 0 saturated heterocycles. The van der Waals surface area contributed by atoms with Gasteiger partial charge in [0.15, 0.2) is 0 Å². The number of rotatable bonds is 7. The molecule has 4 nitrogen and oxygen atoms in total. The quantitative estimate of drug-likeness (QED) is 0.632. The summed E-state index contributed by atoms with van der Waals surface area (Å²) in [6.45, 7) is 4.02. The molecule has 15 heavy (non-hydrogen) atoms. The van der Waals surface area contributed by atoms with Gasteiger partial charge in [-0.1, -0.05) is 6.92 Å². The lowest BCUT2D eigenvalue weighted by atomic mass is 10.2. The number of carbonyl (C=O) groups excluding carboxylic acids is 1. The highest BCUT2D eigenvalue weighted by Gasteiger charge is 2.21. The van der Waals surface area contributed by atoms with Gasteiger partial charge in [0.25, 0.3) is 0 Å². The fourth-order valence-electron chi connectivity index (χ4n) is 1.30. The van der Waals surface area contributed by atoms with Crippen LogP contribution in [0.4, 0.5) is 0 Å². The third-order valence-corrected chi connectivity index (χ3v) is 2.75. The van der Waals surface area contributed by atoms with Crippen LogP contribution >= 0.6 is 0 Å². The Morgan fingerprint density at radius 3 is 2.80 bits per heavy atom. The summed E-state index contributed by atoms with van der Waals surface area (Å²) >= 11 is 0. The fraction of sp³-hybridized carbons (Fsp3) is 0.909.